The summed E-state index contributed by atoms with van der Waals surface area (Å²) < 4.78 is 12.7. The van der Waals surface area contributed by atoms with Gasteiger partial charge in [0.25, 0.3) is 0 Å². The molecule has 0 bridgehead atoms. The first-order chi connectivity index (χ1) is 42.7. The van der Waals surface area contributed by atoms with Gasteiger partial charge in [0.15, 0.2) is 0 Å². The van der Waals surface area contributed by atoms with E-state index >= 15 is 0 Å². The summed E-state index contributed by atoms with van der Waals surface area (Å²) in [4.78, 5) is 102. The number of likely N-dealkylation sites (N-methyl/N-ethyl adjacent to an activating group) is 2. The van der Waals surface area contributed by atoms with Gasteiger partial charge in [-0.25, -0.2) is 4.79 Å². The van der Waals surface area contributed by atoms with Crippen molar-refractivity contribution in [1.29, 1.82) is 0 Å². The lowest BCUT2D eigenvalue weighted by atomic mass is 9.87. The Hall–Kier alpha value is -9.07. The zero-order valence-electron chi connectivity index (χ0n) is 50.3. The van der Waals surface area contributed by atoms with E-state index in [-0.39, 0.29) is 74.5 Å². The van der Waals surface area contributed by atoms with Crippen molar-refractivity contribution in [2.45, 2.75) is 139 Å². The van der Waals surface area contributed by atoms with Gasteiger partial charge in [0.1, 0.15) is 47.9 Å². The Bertz CT molecular complexity index is 3190. The molecule has 0 spiro atoms. The molecule has 2 aliphatic carbocycles. The van der Waals surface area contributed by atoms with Crippen LogP contribution in [0.5, 0.6) is 11.5 Å². The lowest BCUT2D eigenvalue weighted by Gasteiger charge is -2.31. The van der Waals surface area contributed by atoms with Crippen molar-refractivity contribution >= 4 is 52.8 Å². The first-order valence-corrected chi connectivity index (χ1v) is 30.7. The molecule has 6 aromatic carbocycles. The zero-order chi connectivity index (χ0) is 61.7. The number of ether oxygens (including phenoxy) is 2. The fraction of sp³-hybridized carbons (Fsp3) is 0.377. The molecule has 0 saturated carbocycles. The predicted octanol–water partition coefficient (Wildman–Crippen LogP) is 7.09. The summed E-state index contributed by atoms with van der Waals surface area (Å²) in [5.74, 6) is -0.952. The quantitative estimate of drug-likeness (QED) is 0.0342. The lowest BCUT2D eigenvalue weighted by Crippen LogP contribution is -2.56. The Morgan fingerprint density at radius 2 is 0.864 bits per heavy atom. The minimum Gasteiger partial charge on any atom is -0.488 e. The normalized spacial score (nSPS) is 20.8. The van der Waals surface area contributed by atoms with Gasteiger partial charge in [0, 0.05) is 37.1 Å². The van der Waals surface area contributed by atoms with Crippen molar-refractivity contribution in [2.24, 2.45) is 0 Å². The standard InChI is InChI=1S/C69H80N10O9/c1-43(70-3)63(80)76-59(67(84)78-41-53(87-51-21-7-5-8-22-51)39-61(78)65(82)74-57-27-15-19-47-17-11-13-25-55(47)57)37-45-29-33-49(34-30-45)72-69(86)73-50-35-31-46(32-36-50)38-60(77-64(81)44(2)71-4)68(85)79-42-54(88-52-23-9-6-10-24-52)40-62(79)66(83)75-58-28-16-20-48-18-12-14-26-56(48)58/h5-14,17-18,21-26,29-36,43-44,53-54,57-62,70-71H,15-16,19-20,27-28,37-42H2,1-4H3,(H,74,82)(H,75,83)(H,76,80)(H,77,81)(H2,72,73,86)/t43-,44-,53-,54-,57+,58?,59-,60-,61-,62-/m0/s1. The number of carbonyl (C=O) groups is 7. The molecule has 6 aromatic rings. The van der Waals surface area contributed by atoms with E-state index in [1.165, 1.54) is 11.1 Å². The van der Waals surface area contributed by atoms with Crippen LogP contribution in [0.3, 0.4) is 0 Å². The zero-order valence-corrected chi connectivity index (χ0v) is 50.3. The summed E-state index contributed by atoms with van der Waals surface area (Å²) >= 11 is 0. The highest BCUT2D eigenvalue weighted by atomic mass is 16.5. The Labute approximate surface area is 514 Å². The number of carbonyl (C=O) groups excluding carboxylic acids is 7. The van der Waals surface area contributed by atoms with Crippen molar-refractivity contribution in [3.63, 3.8) is 0 Å². The van der Waals surface area contributed by atoms with E-state index in [0.717, 1.165) is 49.7 Å². The van der Waals surface area contributed by atoms with Crippen LogP contribution in [-0.4, -0.2) is 127 Å². The molecule has 19 heteroatoms. The Kier molecular flexibility index (Phi) is 20.5. The Morgan fingerprint density at radius 1 is 0.489 bits per heavy atom. The summed E-state index contributed by atoms with van der Waals surface area (Å²) in [6.45, 7) is 3.65. The molecule has 2 fully saturated rings. The number of urea groups is 1. The van der Waals surface area contributed by atoms with E-state index in [9.17, 15) is 33.6 Å². The monoisotopic (exact) mass is 1190 g/mol. The predicted molar refractivity (Wildman–Crippen MR) is 336 cm³/mol. The molecule has 1 unspecified atom stereocenters. The molecule has 10 rings (SSSR count). The molecule has 8 N–H and O–H groups in total. The van der Waals surface area contributed by atoms with Crippen molar-refractivity contribution in [2.75, 3.05) is 37.8 Å². The van der Waals surface area contributed by atoms with Crippen LogP contribution >= 0.6 is 0 Å². The van der Waals surface area contributed by atoms with Gasteiger partial charge in [-0.15, -0.1) is 0 Å². The molecule has 10 atom stereocenters. The SMILES string of the molecule is CN[C@@H](C)C(=O)N[C@@H](Cc1ccc(NC(=O)Nc2ccc(C[C@H](NC(=O)[C@H](C)NC)C(=O)N3C[C@@H](Oc4ccccc4)C[C@H]3C(=O)N[C@@H]3CCCc4ccccc43)cc2)cc1)C(=O)N1C[C@@H](Oc2ccccc2)C[C@H]1C(=O)NC1CCCc2ccccc21. The molecule has 4 aliphatic rings. The number of aryl methyl sites for hydroxylation is 2. The maximum atomic E-state index is 14.9. The van der Waals surface area contributed by atoms with Gasteiger partial charge in [-0.2, -0.15) is 0 Å². The molecule has 460 valence electrons. The number of benzene rings is 6. The number of rotatable bonds is 22. The summed E-state index contributed by atoms with van der Waals surface area (Å²) in [6, 6.07) is 42.7. The summed E-state index contributed by atoms with van der Waals surface area (Å²) in [7, 11) is 3.32. The average Bonchev–Trinajstić information content (AvgIpc) is 2.14. The van der Waals surface area contributed by atoms with E-state index in [0.29, 0.717) is 34.0 Å². The van der Waals surface area contributed by atoms with Gasteiger partial charge >= 0.3 is 6.03 Å². The van der Waals surface area contributed by atoms with Gasteiger partial charge in [0.05, 0.1) is 37.3 Å². The summed E-state index contributed by atoms with van der Waals surface area (Å²) in [6.07, 6.45) is 4.95. The number of likely N-dealkylation sites (tertiary alicyclic amines) is 2. The number of nitrogens with one attached hydrogen (secondary N) is 8. The first kappa shape index (κ1) is 62.0. The third-order valence-corrected chi connectivity index (χ3v) is 17.3. The van der Waals surface area contributed by atoms with E-state index in [1.54, 1.807) is 86.3 Å². The minimum absolute atomic E-state index is 0.0859. The topological polar surface area (TPSA) is 241 Å². The Balaban J connectivity index is 0.798. The second-order valence-electron chi connectivity index (χ2n) is 23.4. The third-order valence-electron chi connectivity index (χ3n) is 17.3. The van der Waals surface area contributed by atoms with Crippen LogP contribution < -0.4 is 52.0 Å². The number of fused-ring (bicyclic) bond motifs is 2. The van der Waals surface area contributed by atoms with E-state index in [1.807, 2.05) is 97.1 Å². The number of hydrogen-bond donors (Lipinski definition) is 8. The second kappa shape index (κ2) is 29.1. The maximum Gasteiger partial charge on any atom is 0.323 e. The molecular weight excluding hydrogens is 1110 g/mol. The fourth-order valence-electron chi connectivity index (χ4n) is 12.3. The van der Waals surface area contributed by atoms with E-state index in [2.05, 4.69) is 54.7 Å². The van der Waals surface area contributed by atoms with Crippen LogP contribution in [0.25, 0.3) is 0 Å². The second-order valence-corrected chi connectivity index (χ2v) is 23.4. The van der Waals surface area contributed by atoms with Crippen molar-refractivity contribution < 1.29 is 43.0 Å². The molecule has 19 nitrogen and oxygen atoms in total. The maximum absolute atomic E-state index is 14.9. The third kappa shape index (κ3) is 15.5. The summed E-state index contributed by atoms with van der Waals surface area (Å²) in [5.41, 5.74) is 6.84. The van der Waals surface area contributed by atoms with Gasteiger partial charge in [-0.1, -0.05) is 109 Å². The minimum atomic E-state index is -1.06. The van der Waals surface area contributed by atoms with Gasteiger partial charge < -0.3 is 61.8 Å². The highest BCUT2D eigenvalue weighted by molar-refractivity contribution is 6.00. The average molecular weight is 1190 g/mol. The van der Waals surface area contributed by atoms with Crippen LogP contribution in [0.15, 0.2) is 158 Å². The van der Waals surface area contributed by atoms with Crippen LogP contribution in [0, 0.1) is 0 Å². The number of hydrogen-bond acceptors (Lipinski definition) is 11. The number of amides is 8. The van der Waals surface area contributed by atoms with Gasteiger partial charge in [0.2, 0.25) is 35.4 Å². The first-order valence-electron chi connectivity index (χ1n) is 30.7. The molecule has 2 aliphatic heterocycles. The lowest BCUT2D eigenvalue weighted by molar-refractivity contribution is -0.141. The Morgan fingerprint density at radius 3 is 1.25 bits per heavy atom. The van der Waals surface area contributed by atoms with Crippen molar-refractivity contribution in [3.05, 3.63) is 191 Å². The largest absolute Gasteiger partial charge is 0.488 e. The highest BCUT2D eigenvalue weighted by Crippen LogP contribution is 2.34. The summed E-state index contributed by atoms with van der Waals surface area (Å²) in [5, 5.41) is 24.1. The van der Waals surface area contributed by atoms with Crippen LogP contribution in [0.1, 0.15) is 97.8 Å². The molecule has 2 saturated heterocycles. The molecule has 88 heavy (non-hydrogen) atoms. The van der Waals surface area contributed by atoms with Crippen LogP contribution in [-0.2, 0) is 54.5 Å². The van der Waals surface area contributed by atoms with E-state index < -0.39 is 66.3 Å². The fourth-order valence-corrected chi connectivity index (χ4v) is 12.3. The van der Waals surface area contributed by atoms with Crippen molar-refractivity contribution in [1.82, 2.24) is 41.7 Å². The van der Waals surface area contributed by atoms with Gasteiger partial charge in [-0.3, -0.25) is 28.8 Å². The highest BCUT2D eigenvalue weighted by Gasteiger charge is 2.46. The molecule has 2 heterocycles. The smallest absolute Gasteiger partial charge is 0.323 e. The number of para-hydroxylation sites is 2. The van der Waals surface area contributed by atoms with Crippen LogP contribution in [0.2, 0.25) is 0 Å². The number of nitrogens with zero attached hydrogens (tertiary/aromatic N) is 2. The molecule has 8 amide bonds. The van der Waals surface area contributed by atoms with Crippen molar-refractivity contribution in [3.8, 4) is 11.5 Å². The van der Waals surface area contributed by atoms with Crippen LogP contribution in [0.4, 0.5) is 16.2 Å². The molecule has 0 aromatic heterocycles. The van der Waals surface area contributed by atoms with E-state index in [4.69, 9.17) is 9.47 Å². The molecular formula is C69H80N10O9. The number of anilines is 2. The van der Waals surface area contributed by atoms with Gasteiger partial charge in [-0.05, 0) is 148 Å². The molecule has 0 radical (unpaired) electrons.